The van der Waals surface area contributed by atoms with Gasteiger partial charge in [0.05, 0.1) is 16.7 Å². The van der Waals surface area contributed by atoms with Crippen molar-refractivity contribution in [3.63, 3.8) is 0 Å². The van der Waals surface area contributed by atoms with Crippen LogP contribution in [0.5, 0.6) is 0 Å². The zero-order chi connectivity index (χ0) is 33.3. The van der Waals surface area contributed by atoms with Crippen molar-refractivity contribution in [3.8, 4) is 67.7 Å². The number of benzene rings is 5. The van der Waals surface area contributed by atoms with Crippen molar-refractivity contribution in [1.29, 1.82) is 0 Å². The van der Waals surface area contributed by atoms with Gasteiger partial charge in [-0.15, -0.1) is 0 Å². The van der Waals surface area contributed by atoms with E-state index in [2.05, 4.69) is 76.7 Å². The normalized spacial score (nSPS) is 11.2. The molecule has 0 aliphatic rings. The maximum atomic E-state index is 5.18. The highest BCUT2D eigenvalue weighted by molar-refractivity contribution is 6.09. The fourth-order valence-corrected chi connectivity index (χ4v) is 6.37. The third kappa shape index (κ3) is 5.55. The summed E-state index contributed by atoms with van der Waals surface area (Å²) < 4.78 is 0. The summed E-state index contributed by atoms with van der Waals surface area (Å²) in [6.45, 7) is 0. The van der Waals surface area contributed by atoms with Gasteiger partial charge in [0.15, 0.2) is 17.5 Å². The zero-order valence-electron chi connectivity index (χ0n) is 26.8. The Bertz CT molecular complexity index is 2570. The molecule has 0 atom stereocenters. The number of hydrogen-bond donors (Lipinski definition) is 0. The molecule has 234 valence electrons. The third-order valence-electron chi connectivity index (χ3n) is 8.84. The van der Waals surface area contributed by atoms with E-state index in [0.717, 1.165) is 66.4 Å². The molecule has 6 heteroatoms. The average molecular weight is 641 g/mol. The standard InChI is InChI=1S/C44H28N6/c1-4-11-29(12-5-1)30-18-20-31(21-19-30)34-25-35(40-37-22-24-45-28-38(37)41-39(47-40)17-10-23-46-41)27-36(26-34)44-49-42(32-13-6-2-7-14-32)48-43(50-44)33-15-8-3-9-16-33/h1-28H. The molecule has 0 fully saturated rings. The molecule has 9 aromatic rings. The van der Waals surface area contributed by atoms with Crippen LogP contribution in [0.15, 0.2) is 170 Å². The van der Waals surface area contributed by atoms with Crippen molar-refractivity contribution in [2.24, 2.45) is 0 Å². The van der Waals surface area contributed by atoms with Gasteiger partial charge in [0.25, 0.3) is 0 Å². The smallest absolute Gasteiger partial charge is 0.164 e. The number of pyridine rings is 3. The highest BCUT2D eigenvalue weighted by Crippen LogP contribution is 2.37. The van der Waals surface area contributed by atoms with Crippen molar-refractivity contribution in [2.45, 2.75) is 0 Å². The zero-order valence-corrected chi connectivity index (χ0v) is 26.8. The Labute approximate surface area is 288 Å². The molecular weight excluding hydrogens is 613 g/mol. The molecule has 0 bridgehead atoms. The Hall–Kier alpha value is -6.92. The first-order valence-corrected chi connectivity index (χ1v) is 16.4. The van der Waals surface area contributed by atoms with E-state index in [9.17, 15) is 0 Å². The van der Waals surface area contributed by atoms with Gasteiger partial charge in [-0.2, -0.15) is 0 Å². The van der Waals surface area contributed by atoms with Crippen LogP contribution in [0.2, 0.25) is 0 Å². The molecule has 0 saturated carbocycles. The Morgan fingerprint density at radius 2 is 0.860 bits per heavy atom. The second-order valence-electron chi connectivity index (χ2n) is 12.0. The molecule has 0 radical (unpaired) electrons. The molecule has 0 N–H and O–H groups in total. The highest BCUT2D eigenvalue weighted by Gasteiger charge is 2.17. The van der Waals surface area contributed by atoms with E-state index >= 15 is 0 Å². The number of hydrogen-bond acceptors (Lipinski definition) is 6. The summed E-state index contributed by atoms with van der Waals surface area (Å²) in [5.41, 5.74) is 10.5. The fraction of sp³-hybridized carbons (Fsp3) is 0. The fourth-order valence-electron chi connectivity index (χ4n) is 6.37. The topological polar surface area (TPSA) is 77.3 Å². The van der Waals surface area contributed by atoms with Crippen molar-refractivity contribution in [2.75, 3.05) is 0 Å². The SMILES string of the molecule is c1ccc(-c2ccc(-c3cc(-c4nc(-c5ccccc5)nc(-c5ccccc5)n4)cc(-c4nc5cccnc5c5cnccc45)c3)cc2)cc1. The van der Waals surface area contributed by atoms with Gasteiger partial charge in [-0.1, -0.05) is 115 Å². The molecule has 0 amide bonds. The first-order chi connectivity index (χ1) is 24.8. The van der Waals surface area contributed by atoms with Gasteiger partial charge in [-0.25, -0.2) is 19.9 Å². The summed E-state index contributed by atoms with van der Waals surface area (Å²) in [6, 6.07) is 51.6. The van der Waals surface area contributed by atoms with E-state index in [-0.39, 0.29) is 0 Å². The lowest BCUT2D eigenvalue weighted by molar-refractivity contribution is 1.07. The Balaban J connectivity index is 1.28. The molecule has 0 unspecified atom stereocenters. The molecule has 6 nitrogen and oxygen atoms in total. The summed E-state index contributed by atoms with van der Waals surface area (Å²) in [5, 5.41) is 1.92. The van der Waals surface area contributed by atoms with Crippen molar-refractivity contribution >= 4 is 21.8 Å². The van der Waals surface area contributed by atoms with Gasteiger partial charge < -0.3 is 0 Å². The maximum Gasteiger partial charge on any atom is 0.164 e. The Morgan fingerprint density at radius 1 is 0.340 bits per heavy atom. The number of aromatic nitrogens is 6. The van der Waals surface area contributed by atoms with Crippen LogP contribution in [-0.4, -0.2) is 29.9 Å². The highest BCUT2D eigenvalue weighted by atomic mass is 15.0. The van der Waals surface area contributed by atoms with E-state index in [0.29, 0.717) is 17.5 Å². The molecule has 9 rings (SSSR count). The van der Waals surface area contributed by atoms with Gasteiger partial charge in [0.2, 0.25) is 0 Å². The van der Waals surface area contributed by atoms with Crippen LogP contribution in [0.3, 0.4) is 0 Å². The molecular formula is C44H28N6. The van der Waals surface area contributed by atoms with E-state index in [1.807, 2.05) is 91.1 Å². The predicted octanol–water partition coefficient (Wildman–Crippen LogP) is 10.4. The van der Waals surface area contributed by atoms with Crippen molar-refractivity contribution in [1.82, 2.24) is 29.9 Å². The molecule has 0 saturated heterocycles. The van der Waals surface area contributed by atoms with E-state index in [1.54, 1.807) is 12.4 Å². The minimum atomic E-state index is 0.579. The van der Waals surface area contributed by atoms with Gasteiger partial charge in [-0.05, 0) is 58.7 Å². The summed E-state index contributed by atoms with van der Waals surface area (Å²) in [6.07, 6.45) is 5.47. The van der Waals surface area contributed by atoms with Crippen LogP contribution >= 0.6 is 0 Å². The summed E-state index contributed by atoms with van der Waals surface area (Å²) in [5.74, 6) is 1.80. The molecule has 0 aliphatic carbocycles. The monoisotopic (exact) mass is 640 g/mol. The second-order valence-corrected chi connectivity index (χ2v) is 12.0. The van der Waals surface area contributed by atoms with Crippen molar-refractivity contribution in [3.05, 3.63) is 170 Å². The predicted molar refractivity (Wildman–Crippen MR) is 201 cm³/mol. The lowest BCUT2D eigenvalue weighted by atomic mass is 9.94. The van der Waals surface area contributed by atoms with Crippen LogP contribution in [0.25, 0.3) is 89.5 Å². The molecule has 4 heterocycles. The first kappa shape index (κ1) is 29.2. The maximum absolute atomic E-state index is 5.18. The molecule has 50 heavy (non-hydrogen) atoms. The second kappa shape index (κ2) is 12.6. The van der Waals surface area contributed by atoms with Crippen LogP contribution in [0.1, 0.15) is 0 Å². The van der Waals surface area contributed by atoms with Gasteiger partial charge in [0, 0.05) is 51.6 Å². The van der Waals surface area contributed by atoms with E-state index in [4.69, 9.17) is 19.9 Å². The molecule has 5 aromatic carbocycles. The number of nitrogens with zero attached hydrogens (tertiary/aromatic N) is 6. The largest absolute Gasteiger partial charge is 0.264 e. The lowest BCUT2D eigenvalue weighted by Crippen LogP contribution is -2.01. The average Bonchev–Trinajstić information content (AvgIpc) is 3.21. The van der Waals surface area contributed by atoms with Crippen LogP contribution in [-0.2, 0) is 0 Å². The van der Waals surface area contributed by atoms with Gasteiger partial charge in [0.1, 0.15) is 0 Å². The minimum absolute atomic E-state index is 0.579. The molecule has 0 spiro atoms. The van der Waals surface area contributed by atoms with E-state index in [1.165, 1.54) is 5.56 Å². The number of fused-ring (bicyclic) bond motifs is 3. The van der Waals surface area contributed by atoms with Crippen molar-refractivity contribution < 1.29 is 0 Å². The van der Waals surface area contributed by atoms with E-state index < -0.39 is 0 Å². The summed E-state index contributed by atoms with van der Waals surface area (Å²) >= 11 is 0. The molecule has 0 aliphatic heterocycles. The Morgan fingerprint density at radius 3 is 1.50 bits per heavy atom. The van der Waals surface area contributed by atoms with Gasteiger partial charge in [-0.3, -0.25) is 9.97 Å². The van der Waals surface area contributed by atoms with Crippen LogP contribution in [0, 0.1) is 0 Å². The Kier molecular flexibility index (Phi) is 7.37. The van der Waals surface area contributed by atoms with Gasteiger partial charge >= 0.3 is 0 Å². The minimum Gasteiger partial charge on any atom is -0.264 e. The third-order valence-corrected chi connectivity index (χ3v) is 8.84. The van der Waals surface area contributed by atoms with Crippen LogP contribution < -0.4 is 0 Å². The molecule has 4 aromatic heterocycles. The summed E-state index contributed by atoms with van der Waals surface area (Å²) in [7, 11) is 0. The quantitative estimate of drug-likeness (QED) is 0.168. The van der Waals surface area contributed by atoms with Crippen LogP contribution in [0.4, 0.5) is 0 Å². The summed E-state index contributed by atoms with van der Waals surface area (Å²) in [4.78, 5) is 29.4. The first-order valence-electron chi connectivity index (χ1n) is 16.4. The lowest BCUT2D eigenvalue weighted by Gasteiger charge is -2.14. The number of rotatable bonds is 6.